The quantitative estimate of drug-likeness (QED) is 0.705. The van der Waals surface area contributed by atoms with E-state index in [4.69, 9.17) is 9.47 Å². The number of nitrogens with one attached hydrogen (secondary N) is 1. The molecule has 0 radical (unpaired) electrons. The highest BCUT2D eigenvalue weighted by Crippen LogP contribution is 2.41. The third-order valence-corrected chi connectivity index (χ3v) is 4.65. The molecule has 1 aliphatic heterocycles. The lowest BCUT2D eigenvalue weighted by atomic mass is 10.0. The number of benzene rings is 2. The highest BCUT2D eigenvalue weighted by molar-refractivity contribution is 9.11. The Balaban J connectivity index is 2.17. The Hall–Kier alpha value is -1.79. The van der Waals surface area contributed by atoms with E-state index in [1.165, 1.54) is 0 Å². The molecule has 6 heteroatoms. The molecule has 1 amide bonds. The Bertz CT molecular complexity index is 831. The minimum absolute atomic E-state index is 0.149. The number of rotatable bonds is 3. The molecule has 0 fully saturated rings. The lowest BCUT2D eigenvalue weighted by molar-refractivity contribution is -0.110. The van der Waals surface area contributed by atoms with E-state index in [0.717, 1.165) is 25.8 Å². The fraction of sp³-hybridized carbons (Fsp3) is 0.118. The molecule has 4 nitrogen and oxygen atoms in total. The van der Waals surface area contributed by atoms with Crippen LogP contribution in [0, 0.1) is 0 Å². The molecule has 23 heavy (non-hydrogen) atoms. The second-order valence-electron chi connectivity index (χ2n) is 4.93. The largest absolute Gasteiger partial charge is 0.497 e. The third kappa shape index (κ3) is 3.01. The van der Waals surface area contributed by atoms with E-state index in [9.17, 15) is 4.79 Å². The van der Waals surface area contributed by atoms with Crippen molar-refractivity contribution in [1.29, 1.82) is 0 Å². The third-order valence-electron chi connectivity index (χ3n) is 3.57. The molecule has 2 aromatic carbocycles. The predicted octanol–water partition coefficient (Wildman–Crippen LogP) is 4.72. The summed E-state index contributed by atoms with van der Waals surface area (Å²) < 4.78 is 12.4. The van der Waals surface area contributed by atoms with Gasteiger partial charge in [-0.3, -0.25) is 4.79 Å². The number of anilines is 1. The first-order valence-corrected chi connectivity index (χ1v) is 8.36. The van der Waals surface area contributed by atoms with Crippen LogP contribution >= 0.6 is 31.9 Å². The van der Waals surface area contributed by atoms with Crippen LogP contribution in [0.15, 0.2) is 39.3 Å². The Kier molecular flexibility index (Phi) is 4.46. The molecule has 0 saturated carbocycles. The maximum atomic E-state index is 12.4. The summed E-state index contributed by atoms with van der Waals surface area (Å²) in [6.45, 7) is 0. The van der Waals surface area contributed by atoms with Gasteiger partial charge in [0.2, 0.25) is 0 Å². The number of carbonyl (C=O) groups excluding carboxylic acids is 1. The zero-order valence-electron chi connectivity index (χ0n) is 12.4. The molecule has 0 unspecified atom stereocenters. The molecule has 1 aliphatic rings. The molecule has 2 aromatic rings. The lowest BCUT2D eigenvalue weighted by Crippen LogP contribution is -2.04. The summed E-state index contributed by atoms with van der Waals surface area (Å²) in [5.41, 5.74) is 2.96. The number of amides is 1. The van der Waals surface area contributed by atoms with Gasteiger partial charge in [0, 0.05) is 25.6 Å². The fourth-order valence-electron chi connectivity index (χ4n) is 2.47. The minimum Gasteiger partial charge on any atom is -0.497 e. The maximum absolute atomic E-state index is 12.4. The molecule has 0 spiro atoms. The monoisotopic (exact) mass is 437 g/mol. The standard InChI is InChI=1S/C17H13Br2NO3/c1-22-11-3-4-15(23-2)9(5-11)6-13-12-7-10(18)8-14(19)16(12)20-17(13)21/h3-8H,1-2H3,(H,20,21). The molecule has 0 saturated heterocycles. The van der Waals surface area contributed by atoms with E-state index >= 15 is 0 Å². The van der Waals surface area contributed by atoms with E-state index in [1.54, 1.807) is 20.3 Å². The first-order valence-electron chi connectivity index (χ1n) is 6.78. The summed E-state index contributed by atoms with van der Waals surface area (Å²) in [7, 11) is 3.20. The van der Waals surface area contributed by atoms with Gasteiger partial charge in [-0.25, -0.2) is 0 Å². The van der Waals surface area contributed by atoms with Crippen molar-refractivity contribution in [3.05, 3.63) is 50.4 Å². The van der Waals surface area contributed by atoms with E-state index in [-0.39, 0.29) is 5.91 Å². The first-order chi connectivity index (χ1) is 11.0. The maximum Gasteiger partial charge on any atom is 0.256 e. The van der Waals surface area contributed by atoms with Gasteiger partial charge in [0.25, 0.3) is 5.91 Å². The average molecular weight is 439 g/mol. The number of fused-ring (bicyclic) bond motifs is 1. The molecule has 1 N–H and O–H groups in total. The molecule has 0 aromatic heterocycles. The van der Waals surface area contributed by atoms with Crippen molar-refractivity contribution in [3.8, 4) is 11.5 Å². The van der Waals surface area contributed by atoms with Gasteiger partial charge in [-0.15, -0.1) is 0 Å². The van der Waals surface area contributed by atoms with Crippen LogP contribution in [0.25, 0.3) is 11.6 Å². The topological polar surface area (TPSA) is 47.6 Å². The number of hydrogen-bond donors (Lipinski definition) is 1. The smallest absolute Gasteiger partial charge is 0.256 e. The Morgan fingerprint density at radius 3 is 2.57 bits per heavy atom. The van der Waals surface area contributed by atoms with Crippen LogP contribution in [-0.2, 0) is 4.79 Å². The molecule has 118 valence electrons. The molecule has 0 bridgehead atoms. The number of ether oxygens (including phenoxy) is 2. The van der Waals surface area contributed by atoms with Crippen LogP contribution in [0.3, 0.4) is 0 Å². The van der Waals surface area contributed by atoms with Crippen LogP contribution in [0.5, 0.6) is 11.5 Å². The van der Waals surface area contributed by atoms with Gasteiger partial charge in [-0.05, 0) is 52.3 Å². The normalized spacial score (nSPS) is 14.6. The van der Waals surface area contributed by atoms with Crippen molar-refractivity contribution in [2.45, 2.75) is 0 Å². The van der Waals surface area contributed by atoms with Gasteiger partial charge in [0.15, 0.2) is 0 Å². The van der Waals surface area contributed by atoms with E-state index in [1.807, 2.05) is 30.3 Å². The van der Waals surface area contributed by atoms with Crippen molar-refractivity contribution in [3.63, 3.8) is 0 Å². The highest BCUT2D eigenvalue weighted by Gasteiger charge is 2.27. The number of carbonyl (C=O) groups is 1. The van der Waals surface area contributed by atoms with Crippen LogP contribution in [0.1, 0.15) is 11.1 Å². The van der Waals surface area contributed by atoms with Gasteiger partial charge in [-0.2, -0.15) is 0 Å². The second-order valence-corrected chi connectivity index (χ2v) is 6.70. The number of hydrogen-bond acceptors (Lipinski definition) is 3. The molecule has 0 aliphatic carbocycles. The van der Waals surface area contributed by atoms with Crippen molar-refractivity contribution in [2.75, 3.05) is 19.5 Å². The Morgan fingerprint density at radius 2 is 1.87 bits per heavy atom. The summed E-state index contributed by atoms with van der Waals surface area (Å²) in [6.07, 6.45) is 1.81. The predicted molar refractivity (Wildman–Crippen MR) is 97.9 cm³/mol. The van der Waals surface area contributed by atoms with Crippen LogP contribution < -0.4 is 14.8 Å². The van der Waals surface area contributed by atoms with Gasteiger partial charge < -0.3 is 14.8 Å². The second kappa shape index (κ2) is 6.37. The number of methoxy groups -OCH3 is 2. The van der Waals surface area contributed by atoms with E-state index in [2.05, 4.69) is 37.2 Å². The van der Waals surface area contributed by atoms with Gasteiger partial charge in [0.05, 0.1) is 19.9 Å². The SMILES string of the molecule is COc1ccc(OC)c(C=C2C(=O)Nc3c(Br)cc(Br)cc32)c1. The zero-order chi connectivity index (χ0) is 16.6. The average Bonchev–Trinajstić information content (AvgIpc) is 2.84. The summed E-state index contributed by atoms with van der Waals surface area (Å²) in [5, 5.41) is 2.88. The first kappa shape index (κ1) is 16.1. The van der Waals surface area contributed by atoms with Crippen LogP contribution in [0.2, 0.25) is 0 Å². The molecular weight excluding hydrogens is 426 g/mol. The Morgan fingerprint density at radius 1 is 1.09 bits per heavy atom. The zero-order valence-corrected chi connectivity index (χ0v) is 15.6. The van der Waals surface area contributed by atoms with Crippen molar-refractivity contribution in [2.24, 2.45) is 0 Å². The molecular formula is C17H13Br2NO3. The summed E-state index contributed by atoms with van der Waals surface area (Å²) in [4.78, 5) is 12.4. The van der Waals surface area contributed by atoms with E-state index in [0.29, 0.717) is 17.1 Å². The summed E-state index contributed by atoms with van der Waals surface area (Å²) in [6, 6.07) is 9.28. The van der Waals surface area contributed by atoms with Gasteiger partial charge in [0.1, 0.15) is 11.5 Å². The van der Waals surface area contributed by atoms with Gasteiger partial charge in [-0.1, -0.05) is 15.9 Å². The lowest BCUT2D eigenvalue weighted by Gasteiger charge is -2.08. The van der Waals surface area contributed by atoms with Crippen molar-refractivity contribution >= 4 is 55.1 Å². The number of halogens is 2. The molecule has 0 atom stereocenters. The summed E-state index contributed by atoms with van der Waals surface area (Å²) >= 11 is 6.93. The van der Waals surface area contributed by atoms with Crippen LogP contribution in [-0.4, -0.2) is 20.1 Å². The molecule has 3 rings (SSSR count). The fourth-order valence-corrected chi connectivity index (χ4v) is 3.79. The van der Waals surface area contributed by atoms with Crippen molar-refractivity contribution < 1.29 is 14.3 Å². The van der Waals surface area contributed by atoms with Gasteiger partial charge >= 0.3 is 0 Å². The molecule has 1 heterocycles. The van der Waals surface area contributed by atoms with E-state index < -0.39 is 0 Å². The Labute approximate surface area is 150 Å². The van der Waals surface area contributed by atoms with Crippen LogP contribution in [0.4, 0.5) is 5.69 Å². The highest BCUT2D eigenvalue weighted by atomic mass is 79.9. The minimum atomic E-state index is -0.149. The summed E-state index contributed by atoms with van der Waals surface area (Å²) in [5.74, 6) is 1.23. The van der Waals surface area contributed by atoms with Crippen molar-refractivity contribution in [1.82, 2.24) is 0 Å².